The van der Waals surface area contributed by atoms with Gasteiger partial charge in [0.25, 0.3) is 0 Å². The first kappa shape index (κ1) is 23.2. The molecule has 2 aromatic carbocycles. The SMILES string of the molecule is COc1cc(CN2CCNCC2)c2c(c1)C(=O)C(=Cc1c[nH]c3ccccc13)O2.Cl.Cl. The van der Waals surface area contributed by atoms with Crippen LogP contribution >= 0.6 is 24.8 Å². The van der Waals surface area contributed by atoms with Crippen molar-refractivity contribution in [3.05, 3.63) is 65.0 Å². The molecular weight excluding hydrogens is 437 g/mol. The summed E-state index contributed by atoms with van der Waals surface area (Å²) in [6, 6.07) is 11.8. The predicted molar refractivity (Wildman–Crippen MR) is 127 cm³/mol. The Morgan fingerprint density at radius 3 is 2.71 bits per heavy atom. The lowest BCUT2D eigenvalue weighted by Gasteiger charge is -2.27. The first-order valence-electron chi connectivity index (χ1n) is 9.87. The number of aromatic amines is 1. The molecule has 5 rings (SSSR count). The number of rotatable bonds is 4. The van der Waals surface area contributed by atoms with E-state index in [0.717, 1.165) is 54.8 Å². The molecular formula is C23H25Cl2N3O3. The maximum absolute atomic E-state index is 13.1. The highest BCUT2D eigenvalue weighted by atomic mass is 35.5. The Morgan fingerprint density at radius 2 is 1.94 bits per heavy atom. The van der Waals surface area contributed by atoms with Crippen LogP contribution in [0, 0.1) is 0 Å². The van der Waals surface area contributed by atoms with Gasteiger partial charge in [-0.1, -0.05) is 18.2 Å². The highest BCUT2D eigenvalue weighted by Crippen LogP contribution is 2.39. The molecule has 6 nitrogen and oxygen atoms in total. The van der Waals surface area contributed by atoms with E-state index in [2.05, 4.69) is 15.2 Å². The quantitative estimate of drug-likeness (QED) is 0.573. The molecule has 0 atom stereocenters. The number of fused-ring (bicyclic) bond motifs is 2. The zero-order valence-corrected chi connectivity index (χ0v) is 18.8. The van der Waals surface area contributed by atoms with Crippen molar-refractivity contribution in [2.45, 2.75) is 6.54 Å². The number of allylic oxidation sites excluding steroid dienone is 1. The van der Waals surface area contributed by atoms with Crippen LogP contribution in [0.15, 0.2) is 48.4 Å². The Bertz CT molecular complexity index is 1120. The average molecular weight is 462 g/mol. The summed E-state index contributed by atoms with van der Waals surface area (Å²) in [6.07, 6.45) is 3.72. The van der Waals surface area contributed by atoms with Gasteiger partial charge in [0.15, 0.2) is 5.76 Å². The number of ether oxygens (including phenoxy) is 2. The molecule has 8 heteroatoms. The molecule has 1 fully saturated rings. The van der Waals surface area contributed by atoms with E-state index >= 15 is 0 Å². The number of carbonyl (C=O) groups is 1. The van der Waals surface area contributed by atoms with Crippen LogP contribution in [0.25, 0.3) is 17.0 Å². The van der Waals surface area contributed by atoms with Gasteiger partial charge in [0.1, 0.15) is 11.5 Å². The number of piperazine rings is 1. The molecule has 31 heavy (non-hydrogen) atoms. The minimum atomic E-state index is -0.106. The molecule has 0 spiro atoms. The van der Waals surface area contributed by atoms with Crippen LogP contribution in [0.4, 0.5) is 0 Å². The van der Waals surface area contributed by atoms with Crippen LogP contribution in [0.5, 0.6) is 11.5 Å². The van der Waals surface area contributed by atoms with E-state index in [0.29, 0.717) is 22.8 Å². The van der Waals surface area contributed by atoms with Crippen molar-refractivity contribution in [2.75, 3.05) is 33.3 Å². The molecule has 0 radical (unpaired) electrons. The molecule has 164 valence electrons. The number of carbonyl (C=O) groups excluding carboxylic acids is 1. The number of nitrogens with one attached hydrogen (secondary N) is 2. The van der Waals surface area contributed by atoms with Crippen LogP contribution in [0.3, 0.4) is 0 Å². The largest absolute Gasteiger partial charge is 0.497 e. The van der Waals surface area contributed by atoms with Gasteiger partial charge < -0.3 is 19.8 Å². The molecule has 0 aliphatic carbocycles. The zero-order chi connectivity index (χ0) is 19.8. The minimum Gasteiger partial charge on any atom is -0.497 e. The number of para-hydroxylation sites is 1. The number of methoxy groups -OCH3 is 1. The molecule has 2 aliphatic heterocycles. The van der Waals surface area contributed by atoms with Gasteiger partial charge in [0.05, 0.1) is 12.7 Å². The lowest BCUT2D eigenvalue weighted by atomic mass is 10.0. The third kappa shape index (κ3) is 4.43. The van der Waals surface area contributed by atoms with Crippen LogP contribution in [0.2, 0.25) is 0 Å². The summed E-state index contributed by atoms with van der Waals surface area (Å²) in [4.78, 5) is 18.7. The van der Waals surface area contributed by atoms with E-state index in [1.807, 2.05) is 42.6 Å². The molecule has 1 aromatic heterocycles. The zero-order valence-electron chi connectivity index (χ0n) is 17.1. The Hall–Kier alpha value is -2.51. The second-order valence-corrected chi connectivity index (χ2v) is 7.42. The number of hydrogen-bond acceptors (Lipinski definition) is 5. The molecule has 1 saturated heterocycles. The molecule has 2 aliphatic rings. The summed E-state index contributed by atoms with van der Waals surface area (Å²) in [5.41, 5.74) is 3.52. The summed E-state index contributed by atoms with van der Waals surface area (Å²) < 4.78 is 11.6. The van der Waals surface area contributed by atoms with Crippen molar-refractivity contribution in [1.82, 2.24) is 15.2 Å². The lowest BCUT2D eigenvalue weighted by molar-refractivity contribution is 0.101. The summed E-state index contributed by atoms with van der Waals surface area (Å²) in [5.74, 6) is 1.57. The van der Waals surface area contributed by atoms with Crippen molar-refractivity contribution in [3.63, 3.8) is 0 Å². The number of benzene rings is 2. The van der Waals surface area contributed by atoms with Gasteiger partial charge >= 0.3 is 0 Å². The van der Waals surface area contributed by atoms with E-state index in [9.17, 15) is 4.79 Å². The Balaban J connectivity index is 0.00000136. The maximum Gasteiger partial charge on any atom is 0.232 e. The summed E-state index contributed by atoms with van der Waals surface area (Å²) in [6.45, 7) is 4.61. The van der Waals surface area contributed by atoms with Crippen molar-refractivity contribution < 1.29 is 14.3 Å². The van der Waals surface area contributed by atoms with E-state index in [1.54, 1.807) is 13.2 Å². The van der Waals surface area contributed by atoms with Crippen molar-refractivity contribution >= 4 is 47.6 Å². The summed E-state index contributed by atoms with van der Waals surface area (Å²) in [7, 11) is 1.62. The van der Waals surface area contributed by atoms with E-state index in [-0.39, 0.29) is 30.6 Å². The third-order valence-corrected chi connectivity index (χ3v) is 5.57. The second kappa shape index (κ2) is 9.75. The number of hydrogen-bond donors (Lipinski definition) is 2. The van der Waals surface area contributed by atoms with Gasteiger partial charge in [-0.25, -0.2) is 0 Å². The third-order valence-electron chi connectivity index (χ3n) is 5.57. The molecule has 0 amide bonds. The maximum atomic E-state index is 13.1. The molecule has 3 heterocycles. The first-order chi connectivity index (χ1) is 14.2. The summed E-state index contributed by atoms with van der Waals surface area (Å²) >= 11 is 0. The predicted octanol–water partition coefficient (Wildman–Crippen LogP) is 4.04. The topological polar surface area (TPSA) is 66.6 Å². The number of ketones is 1. The summed E-state index contributed by atoms with van der Waals surface area (Å²) in [5, 5.41) is 4.43. The Kier molecular flexibility index (Phi) is 7.28. The number of nitrogens with zero attached hydrogens (tertiary/aromatic N) is 1. The van der Waals surface area contributed by atoms with E-state index < -0.39 is 0 Å². The van der Waals surface area contributed by atoms with Crippen LogP contribution in [-0.4, -0.2) is 49.0 Å². The van der Waals surface area contributed by atoms with Crippen molar-refractivity contribution in [3.8, 4) is 11.5 Å². The van der Waals surface area contributed by atoms with Gasteiger partial charge in [-0.3, -0.25) is 9.69 Å². The molecule has 0 unspecified atom stereocenters. The number of H-pyrrole nitrogens is 1. The fourth-order valence-corrected chi connectivity index (χ4v) is 4.03. The molecule has 2 N–H and O–H groups in total. The Morgan fingerprint density at radius 1 is 1.16 bits per heavy atom. The normalized spacial score (nSPS) is 17.1. The minimum absolute atomic E-state index is 0. The fraction of sp³-hybridized carbons (Fsp3) is 0.261. The second-order valence-electron chi connectivity index (χ2n) is 7.42. The lowest BCUT2D eigenvalue weighted by Crippen LogP contribution is -2.42. The number of Topliss-reactive ketones (excluding diaryl/α,β-unsaturated/α-hetero) is 1. The first-order valence-corrected chi connectivity index (χ1v) is 9.87. The van der Waals surface area contributed by atoms with Crippen LogP contribution in [0.1, 0.15) is 21.5 Å². The smallest absolute Gasteiger partial charge is 0.232 e. The Labute approximate surface area is 193 Å². The van der Waals surface area contributed by atoms with Crippen molar-refractivity contribution in [2.24, 2.45) is 0 Å². The standard InChI is InChI=1S/C23H23N3O3.2ClH/c1-28-17-10-16(14-26-8-6-24-7-9-26)23-19(12-17)22(27)21(29-23)11-15-13-25-20-5-3-2-4-18(15)20;;/h2-5,10-13,24-25H,6-9,14H2,1H3;2*1H. The van der Waals surface area contributed by atoms with Gasteiger partial charge in [-0.05, 0) is 24.3 Å². The van der Waals surface area contributed by atoms with Crippen molar-refractivity contribution in [1.29, 1.82) is 0 Å². The average Bonchev–Trinajstić information content (AvgIpc) is 3.31. The van der Waals surface area contributed by atoms with E-state index in [1.165, 1.54) is 0 Å². The van der Waals surface area contributed by atoms with Crippen LogP contribution < -0.4 is 14.8 Å². The number of aromatic nitrogens is 1. The van der Waals surface area contributed by atoms with Gasteiger partial charge in [0, 0.05) is 61.0 Å². The molecule has 0 saturated carbocycles. The van der Waals surface area contributed by atoms with Gasteiger partial charge in [0.2, 0.25) is 5.78 Å². The van der Waals surface area contributed by atoms with E-state index in [4.69, 9.17) is 9.47 Å². The highest BCUT2D eigenvalue weighted by Gasteiger charge is 2.31. The van der Waals surface area contributed by atoms with Gasteiger partial charge in [-0.15, -0.1) is 24.8 Å². The van der Waals surface area contributed by atoms with Gasteiger partial charge in [-0.2, -0.15) is 0 Å². The highest BCUT2D eigenvalue weighted by molar-refractivity contribution is 6.15. The monoisotopic (exact) mass is 461 g/mol. The van der Waals surface area contributed by atoms with Crippen LogP contribution in [-0.2, 0) is 6.54 Å². The number of halogens is 2. The molecule has 3 aromatic rings. The fourth-order valence-electron chi connectivity index (χ4n) is 4.03. The molecule has 0 bridgehead atoms.